The molecule has 2 aromatic carbocycles. The number of carbonyl (C=O) groups is 2. The van der Waals surface area contributed by atoms with Crippen LogP contribution in [0.1, 0.15) is 5.56 Å². The number of imide groups is 1. The van der Waals surface area contributed by atoms with Crippen LogP contribution >= 0.6 is 23.2 Å². The van der Waals surface area contributed by atoms with Gasteiger partial charge in [0.2, 0.25) is 0 Å². The van der Waals surface area contributed by atoms with E-state index in [2.05, 4.69) is 5.32 Å². The summed E-state index contributed by atoms with van der Waals surface area (Å²) in [6, 6.07) is 13.9. The van der Waals surface area contributed by atoms with Gasteiger partial charge < -0.3 is 10.4 Å². The fourth-order valence-electron chi connectivity index (χ4n) is 2.49. The van der Waals surface area contributed by atoms with E-state index >= 15 is 0 Å². The smallest absolute Gasteiger partial charge is 0.278 e. The van der Waals surface area contributed by atoms with Crippen LogP contribution in [0.4, 0.5) is 5.69 Å². The van der Waals surface area contributed by atoms with Gasteiger partial charge in [-0.1, -0.05) is 53.5 Å². The van der Waals surface area contributed by atoms with Gasteiger partial charge in [-0.25, -0.2) is 0 Å². The maximum Gasteiger partial charge on any atom is 0.278 e. The van der Waals surface area contributed by atoms with Crippen LogP contribution in [0.25, 0.3) is 0 Å². The highest BCUT2D eigenvalue weighted by molar-refractivity contribution is 6.48. The molecule has 128 valence electrons. The number of halogens is 2. The molecule has 2 aromatic rings. The Hall–Kier alpha value is -2.50. The predicted octanol–water partition coefficient (Wildman–Crippen LogP) is 3.52. The summed E-state index contributed by atoms with van der Waals surface area (Å²) in [5, 5.41) is 12.7. The first kappa shape index (κ1) is 17.3. The van der Waals surface area contributed by atoms with Crippen LogP contribution in [0, 0.1) is 0 Å². The SMILES string of the molecule is O=C1C(Cl)=C(Nc2cc(Cl)ccc2O)C(=O)N1CCc1ccccc1. The summed E-state index contributed by atoms with van der Waals surface area (Å²) < 4.78 is 0. The predicted molar refractivity (Wildman–Crippen MR) is 96.5 cm³/mol. The number of rotatable bonds is 5. The van der Waals surface area contributed by atoms with Crippen molar-refractivity contribution >= 4 is 40.7 Å². The fraction of sp³-hybridized carbons (Fsp3) is 0.111. The third-order valence-corrected chi connectivity index (χ3v) is 4.38. The van der Waals surface area contributed by atoms with E-state index in [-0.39, 0.29) is 28.7 Å². The lowest BCUT2D eigenvalue weighted by Crippen LogP contribution is -2.34. The lowest BCUT2D eigenvalue weighted by molar-refractivity contribution is -0.137. The number of aromatic hydroxyl groups is 1. The average Bonchev–Trinajstić information content (AvgIpc) is 2.81. The van der Waals surface area contributed by atoms with Crippen molar-refractivity contribution < 1.29 is 14.7 Å². The van der Waals surface area contributed by atoms with E-state index in [1.165, 1.54) is 18.2 Å². The highest BCUT2D eigenvalue weighted by atomic mass is 35.5. The Kier molecular flexibility index (Phi) is 4.97. The normalized spacial score (nSPS) is 14.4. The minimum absolute atomic E-state index is 0.0719. The van der Waals surface area contributed by atoms with Gasteiger partial charge in [0.15, 0.2) is 0 Å². The number of nitrogens with one attached hydrogen (secondary N) is 1. The summed E-state index contributed by atoms with van der Waals surface area (Å²) in [4.78, 5) is 25.9. The topological polar surface area (TPSA) is 69.6 Å². The molecule has 7 heteroatoms. The van der Waals surface area contributed by atoms with Gasteiger partial charge in [0.05, 0.1) is 5.69 Å². The first-order chi connectivity index (χ1) is 12.0. The molecule has 0 aliphatic carbocycles. The largest absolute Gasteiger partial charge is 0.506 e. The van der Waals surface area contributed by atoms with E-state index < -0.39 is 11.8 Å². The summed E-state index contributed by atoms with van der Waals surface area (Å²) in [6.45, 7) is 0.213. The number of nitrogens with zero attached hydrogens (tertiary/aromatic N) is 1. The molecule has 5 nitrogen and oxygen atoms in total. The van der Waals surface area contributed by atoms with E-state index in [1.54, 1.807) is 0 Å². The molecule has 0 radical (unpaired) electrons. The Bertz CT molecular complexity index is 866. The van der Waals surface area contributed by atoms with E-state index in [1.807, 2.05) is 30.3 Å². The lowest BCUT2D eigenvalue weighted by atomic mass is 10.1. The molecular formula is C18H14Cl2N2O3. The quantitative estimate of drug-likeness (QED) is 0.618. The molecule has 1 aliphatic rings. The summed E-state index contributed by atoms with van der Waals surface area (Å²) in [5.74, 6) is -1.21. The van der Waals surface area contributed by atoms with Gasteiger partial charge in [-0.3, -0.25) is 14.5 Å². The van der Waals surface area contributed by atoms with E-state index in [4.69, 9.17) is 23.2 Å². The van der Waals surface area contributed by atoms with Crippen LogP contribution in [-0.4, -0.2) is 28.4 Å². The molecule has 0 aromatic heterocycles. The van der Waals surface area contributed by atoms with Crippen molar-refractivity contribution in [3.05, 3.63) is 69.8 Å². The molecule has 0 atom stereocenters. The van der Waals surface area contributed by atoms with Crippen LogP contribution in [0.15, 0.2) is 59.3 Å². The second-order valence-corrected chi connectivity index (χ2v) is 6.29. The molecule has 0 saturated carbocycles. The Balaban J connectivity index is 1.76. The molecule has 1 heterocycles. The number of phenols is 1. The Morgan fingerprint density at radius 1 is 1.00 bits per heavy atom. The molecule has 0 bridgehead atoms. The van der Waals surface area contributed by atoms with E-state index in [9.17, 15) is 14.7 Å². The maximum absolute atomic E-state index is 12.5. The van der Waals surface area contributed by atoms with Gasteiger partial charge in [-0.15, -0.1) is 0 Å². The van der Waals surface area contributed by atoms with Crippen molar-refractivity contribution in [2.75, 3.05) is 11.9 Å². The van der Waals surface area contributed by atoms with Crippen molar-refractivity contribution in [3.8, 4) is 5.75 Å². The molecule has 0 unspecified atom stereocenters. The second-order valence-electron chi connectivity index (χ2n) is 5.47. The molecule has 0 saturated heterocycles. The number of carbonyl (C=O) groups excluding carboxylic acids is 2. The lowest BCUT2D eigenvalue weighted by Gasteiger charge is -2.15. The first-order valence-corrected chi connectivity index (χ1v) is 8.28. The van der Waals surface area contributed by atoms with Crippen LogP contribution < -0.4 is 5.32 Å². The van der Waals surface area contributed by atoms with Gasteiger partial charge in [-0.2, -0.15) is 0 Å². The molecular weight excluding hydrogens is 363 g/mol. The molecule has 2 N–H and O–H groups in total. The number of hydrogen-bond donors (Lipinski definition) is 2. The van der Waals surface area contributed by atoms with Crippen molar-refractivity contribution in [1.82, 2.24) is 4.90 Å². The minimum Gasteiger partial charge on any atom is -0.506 e. The van der Waals surface area contributed by atoms with Crippen LogP contribution in [0.5, 0.6) is 5.75 Å². The van der Waals surface area contributed by atoms with Crippen LogP contribution in [0.2, 0.25) is 5.02 Å². The second kappa shape index (κ2) is 7.17. The Labute approximate surface area is 154 Å². The zero-order valence-corrected chi connectivity index (χ0v) is 14.5. The first-order valence-electron chi connectivity index (χ1n) is 7.53. The maximum atomic E-state index is 12.5. The Morgan fingerprint density at radius 2 is 1.72 bits per heavy atom. The number of amides is 2. The van der Waals surface area contributed by atoms with Gasteiger partial charge in [0.25, 0.3) is 11.8 Å². The summed E-state index contributed by atoms with van der Waals surface area (Å²) >= 11 is 11.9. The molecule has 3 rings (SSSR count). The average molecular weight is 377 g/mol. The number of benzene rings is 2. The van der Waals surface area contributed by atoms with Crippen molar-refractivity contribution in [2.45, 2.75) is 6.42 Å². The van der Waals surface area contributed by atoms with Gasteiger partial charge in [0.1, 0.15) is 16.5 Å². The Morgan fingerprint density at radius 3 is 2.44 bits per heavy atom. The number of hydrogen-bond acceptors (Lipinski definition) is 4. The number of phenolic OH excluding ortho intramolecular Hbond substituents is 1. The standard InChI is InChI=1S/C18H14Cl2N2O3/c19-12-6-7-14(23)13(10-12)21-16-15(20)17(24)22(18(16)25)9-8-11-4-2-1-3-5-11/h1-7,10,21,23H,8-9H2. The molecule has 2 amide bonds. The van der Waals surface area contributed by atoms with Gasteiger partial charge >= 0.3 is 0 Å². The molecule has 25 heavy (non-hydrogen) atoms. The zero-order valence-electron chi connectivity index (χ0n) is 13.0. The van der Waals surface area contributed by atoms with Crippen molar-refractivity contribution in [1.29, 1.82) is 0 Å². The fourth-order valence-corrected chi connectivity index (χ4v) is 2.89. The summed E-state index contributed by atoms with van der Waals surface area (Å²) in [6.07, 6.45) is 0.526. The molecule has 1 aliphatic heterocycles. The van der Waals surface area contributed by atoms with Gasteiger partial charge in [-0.05, 0) is 30.2 Å². The van der Waals surface area contributed by atoms with Crippen molar-refractivity contribution in [2.24, 2.45) is 0 Å². The third kappa shape index (κ3) is 3.62. The van der Waals surface area contributed by atoms with Crippen molar-refractivity contribution in [3.63, 3.8) is 0 Å². The van der Waals surface area contributed by atoms with E-state index in [0.717, 1.165) is 10.5 Å². The van der Waals surface area contributed by atoms with Crippen LogP contribution in [0.3, 0.4) is 0 Å². The molecule has 0 spiro atoms. The highest BCUT2D eigenvalue weighted by Crippen LogP contribution is 2.31. The molecule has 0 fully saturated rings. The van der Waals surface area contributed by atoms with Gasteiger partial charge in [0, 0.05) is 11.6 Å². The third-order valence-electron chi connectivity index (χ3n) is 3.80. The number of anilines is 1. The minimum atomic E-state index is -0.563. The van der Waals surface area contributed by atoms with Crippen LogP contribution in [-0.2, 0) is 16.0 Å². The highest BCUT2D eigenvalue weighted by Gasteiger charge is 2.37. The summed E-state index contributed by atoms with van der Waals surface area (Å²) in [7, 11) is 0. The zero-order chi connectivity index (χ0) is 18.0. The summed E-state index contributed by atoms with van der Waals surface area (Å²) in [5.41, 5.74) is 1.14. The van der Waals surface area contributed by atoms with E-state index in [0.29, 0.717) is 11.4 Å². The monoisotopic (exact) mass is 376 g/mol.